The van der Waals surface area contributed by atoms with Crippen LogP contribution in [0.5, 0.6) is 0 Å². The minimum atomic E-state index is 0.272. The monoisotopic (exact) mass is 403 g/mol. The maximum Gasteiger partial charge on any atom is 0.0178 e. The third kappa shape index (κ3) is 9.23. The van der Waals surface area contributed by atoms with Crippen LogP contribution in [0.4, 0.5) is 0 Å². The van der Waals surface area contributed by atoms with Gasteiger partial charge in [0.25, 0.3) is 0 Å². The van der Waals surface area contributed by atoms with Gasteiger partial charge in [-0.05, 0) is 47.9 Å². The van der Waals surface area contributed by atoms with Gasteiger partial charge in [-0.2, -0.15) is 0 Å². The molecule has 0 aromatic heterocycles. The van der Waals surface area contributed by atoms with Crippen LogP contribution in [-0.2, 0) is 12.8 Å². The highest BCUT2D eigenvalue weighted by Crippen LogP contribution is 2.16. The van der Waals surface area contributed by atoms with Crippen LogP contribution < -0.4 is 5.73 Å². The SMILES string of the molecule is CCC(C)C(N)Cc1cccc(Br)c1.CCC(C)Cc1ccccc1. The Labute approximate surface area is 163 Å². The molecule has 3 atom stereocenters. The highest BCUT2D eigenvalue weighted by Gasteiger charge is 2.11. The van der Waals surface area contributed by atoms with Crippen LogP contribution in [0.15, 0.2) is 59.1 Å². The average molecular weight is 404 g/mol. The van der Waals surface area contributed by atoms with Gasteiger partial charge in [0.15, 0.2) is 0 Å². The van der Waals surface area contributed by atoms with Crippen LogP contribution in [-0.4, -0.2) is 6.04 Å². The van der Waals surface area contributed by atoms with Crippen LogP contribution in [0.3, 0.4) is 0 Å². The molecule has 0 bridgehead atoms. The van der Waals surface area contributed by atoms with E-state index in [1.165, 1.54) is 24.0 Å². The summed E-state index contributed by atoms with van der Waals surface area (Å²) in [6, 6.07) is 19.3. The van der Waals surface area contributed by atoms with E-state index in [2.05, 4.69) is 92.2 Å². The van der Waals surface area contributed by atoms with E-state index in [1.54, 1.807) is 0 Å². The van der Waals surface area contributed by atoms with Crippen LogP contribution in [0.25, 0.3) is 0 Å². The second-order valence-electron chi connectivity index (χ2n) is 7.09. The Morgan fingerprint density at radius 2 is 1.48 bits per heavy atom. The lowest BCUT2D eigenvalue weighted by Crippen LogP contribution is -2.30. The molecular formula is C23H34BrN. The van der Waals surface area contributed by atoms with E-state index in [0.29, 0.717) is 5.92 Å². The van der Waals surface area contributed by atoms with Crippen molar-refractivity contribution < 1.29 is 0 Å². The zero-order valence-electron chi connectivity index (χ0n) is 16.2. The summed E-state index contributed by atoms with van der Waals surface area (Å²) in [5.74, 6) is 1.41. The van der Waals surface area contributed by atoms with E-state index < -0.39 is 0 Å². The summed E-state index contributed by atoms with van der Waals surface area (Å²) in [6.45, 7) is 8.94. The van der Waals surface area contributed by atoms with Gasteiger partial charge < -0.3 is 5.73 Å². The summed E-state index contributed by atoms with van der Waals surface area (Å²) in [5.41, 5.74) is 8.87. The Hall–Kier alpha value is -1.12. The van der Waals surface area contributed by atoms with Gasteiger partial charge in [0.2, 0.25) is 0 Å². The number of hydrogen-bond acceptors (Lipinski definition) is 1. The van der Waals surface area contributed by atoms with Crippen LogP contribution in [0.1, 0.15) is 51.7 Å². The van der Waals surface area contributed by atoms with Crippen LogP contribution in [0.2, 0.25) is 0 Å². The number of nitrogens with two attached hydrogens (primary N) is 1. The van der Waals surface area contributed by atoms with Gasteiger partial charge in [0, 0.05) is 10.5 Å². The van der Waals surface area contributed by atoms with Gasteiger partial charge >= 0.3 is 0 Å². The molecule has 0 amide bonds. The molecule has 0 radical (unpaired) electrons. The molecule has 0 saturated heterocycles. The second kappa shape index (κ2) is 12.3. The van der Waals surface area contributed by atoms with Gasteiger partial charge in [0.1, 0.15) is 0 Å². The van der Waals surface area contributed by atoms with Crippen molar-refractivity contribution in [2.45, 2.75) is 59.4 Å². The Kier molecular flexibility index (Phi) is 10.8. The maximum absolute atomic E-state index is 6.09. The van der Waals surface area contributed by atoms with E-state index in [0.717, 1.165) is 23.2 Å². The largest absolute Gasteiger partial charge is 0.327 e. The molecule has 0 aliphatic rings. The maximum atomic E-state index is 6.09. The number of rotatable bonds is 7. The molecule has 25 heavy (non-hydrogen) atoms. The van der Waals surface area contributed by atoms with Gasteiger partial charge in [-0.15, -0.1) is 0 Å². The summed E-state index contributed by atoms with van der Waals surface area (Å²) in [5, 5.41) is 0. The topological polar surface area (TPSA) is 26.0 Å². The third-order valence-electron chi connectivity index (χ3n) is 4.86. The average Bonchev–Trinajstić information content (AvgIpc) is 2.62. The molecule has 0 fully saturated rings. The van der Waals surface area contributed by atoms with E-state index in [9.17, 15) is 0 Å². The molecule has 0 saturated carbocycles. The van der Waals surface area contributed by atoms with E-state index in [4.69, 9.17) is 5.73 Å². The van der Waals surface area contributed by atoms with Crippen LogP contribution >= 0.6 is 15.9 Å². The van der Waals surface area contributed by atoms with Crippen molar-refractivity contribution in [3.8, 4) is 0 Å². The number of halogens is 1. The standard InChI is InChI=1S/C12H18BrN.C11H16/c1-3-9(2)12(14)8-10-5-4-6-11(13)7-10;1-3-10(2)9-11-7-5-4-6-8-11/h4-7,9,12H,3,8,14H2,1-2H3;4-8,10H,3,9H2,1-2H3. The smallest absolute Gasteiger partial charge is 0.0178 e. The molecule has 138 valence electrons. The first-order valence-electron chi connectivity index (χ1n) is 9.50. The molecule has 0 aliphatic heterocycles. The summed E-state index contributed by atoms with van der Waals surface area (Å²) in [7, 11) is 0. The van der Waals surface area contributed by atoms with Gasteiger partial charge in [-0.1, -0.05) is 98.9 Å². The molecule has 0 spiro atoms. The minimum absolute atomic E-state index is 0.272. The lowest BCUT2D eigenvalue weighted by atomic mass is 9.94. The first kappa shape index (κ1) is 21.9. The fraction of sp³-hybridized carbons (Fsp3) is 0.478. The highest BCUT2D eigenvalue weighted by molar-refractivity contribution is 9.10. The van der Waals surface area contributed by atoms with Gasteiger partial charge in [-0.25, -0.2) is 0 Å². The van der Waals surface area contributed by atoms with E-state index in [-0.39, 0.29) is 6.04 Å². The van der Waals surface area contributed by atoms with E-state index >= 15 is 0 Å². The molecule has 1 nitrogen and oxygen atoms in total. The second-order valence-corrected chi connectivity index (χ2v) is 8.00. The molecule has 0 heterocycles. The predicted molar refractivity (Wildman–Crippen MR) is 115 cm³/mol. The molecule has 2 aromatic carbocycles. The van der Waals surface area contributed by atoms with Crippen molar-refractivity contribution in [2.24, 2.45) is 17.6 Å². The summed E-state index contributed by atoms with van der Waals surface area (Å²) < 4.78 is 1.13. The van der Waals surface area contributed by atoms with E-state index in [1.807, 2.05) is 6.07 Å². The molecule has 2 heteroatoms. The number of hydrogen-bond donors (Lipinski definition) is 1. The summed E-state index contributed by atoms with van der Waals surface area (Å²) in [4.78, 5) is 0. The van der Waals surface area contributed by atoms with Gasteiger partial charge in [0.05, 0.1) is 0 Å². The zero-order valence-corrected chi connectivity index (χ0v) is 17.8. The number of benzene rings is 2. The lowest BCUT2D eigenvalue weighted by Gasteiger charge is -2.18. The van der Waals surface area contributed by atoms with Crippen LogP contribution in [0, 0.1) is 11.8 Å². The van der Waals surface area contributed by atoms with Crippen molar-refractivity contribution in [3.63, 3.8) is 0 Å². The highest BCUT2D eigenvalue weighted by atomic mass is 79.9. The van der Waals surface area contributed by atoms with Crippen molar-refractivity contribution >= 4 is 15.9 Å². The summed E-state index contributed by atoms with van der Waals surface area (Å²) in [6.07, 6.45) is 4.61. The molecule has 2 aromatic rings. The Morgan fingerprint density at radius 3 is 2.04 bits per heavy atom. The molecule has 3 unspecified atom stereocenters. The lowest BCUT2D eigenvalue weighted by molar-refractivity contribution is 0.440. The molecular weight excluding hydrogens is 370 g/mol. The minimum Gasteiger partial charge on any atom is -0.327 e. The molecule has 0 aliphatic carbocycles. The molecule has 2 rings (SSSR count). The Bertz CT molecular complexity index is 582. The summed E-state index contributed by atoms with van der Waals surface area (Å²) >= 11 is 3.47. The van der Waals surface area contributed by atoms with Crippen molar-refractivity contribution in [1.29, 1.82) is 0 Å². The molecule has 2 N–H and O–H groups in total. The first-order valence-corrected chi connectivity index (χ1v) is 10.3. The predicted octanol–water partition coefficient (Wildman–Crippen LogP) is 6.64. The fourth-order valence-corrected chi connectivity index (χ4v) is 3.05. The Morgan fingerprint density at radius 1 is 0.840 bits per heavy atom. The van der Waals surface area contributed by atoms with Crippen molar-refractivity contribution in [2.75, 3.05) is 0 Å². The van der Waals surface area contributed by atoms with Gasteiger partial charge in [-0.3, -0.25) is 0 Å². The quantitative estimate of drug-likeness (QED) is 0.550. The fourth-order valence-electron chi connectivity index (χ4n) is 2.60. The van der Waals surface area contributed by atoms with Crippen molar-refractivity contribution in [1.82, 2.24) is 0 Å². The first-order chi connectivity index (χ1) is 12.0. The third-order valence-corrected chi connectivity index (χ3v) is 5.35. The normalized spacial score (nSPS) is 14.2. The van der Waals surface area contributed by atoms with Crippen molar-refractivity contribution in [3.05, 3.63) is 70.2 Å². The zero-order chi connectivity index (χ0) is 18.7. The Balaban J connectivity index is 0.000000257.